The second-order valence-corrected chi connectivity index (χ2v) is 7.45. The molecule has 3 aromatic rings. The topological polar surface area (TPSA) is 110 Å². The molecule has 3 N–H and O–H groups in total. The van der Waals surface area contributed by atoms with Crippen molar-refractivity contribution in [3.63, 3.8) is 0 Å². The number of fused-ring (bicyclic) bond motifs is 1. The van der Waals surface area contributed by atoms with Crippen LogP contribution in [0, 0.1) is 0 Å². The number of benzene rings is 2. The third-order valence-electron chi connectivity index (χ3n) is 5.65. The van der Waals surface area contributed by atoms with E-state index in [1.165, 1.54) is 0 Å². The van der Waals surface area contributed by atoms with Crippen molar-refractivity contribution >= 4 is 17.4 Å². The molecule has 1 aliphatic carbocycles. The van der Waals surface area contributed by atoms with Crippen LogP contribution in [0.5, 0.6) is 11.5 Å². The number of hydrogen-bond donors (Lipinski definition) is 3. The van der Waals surface area contributed by atoms with Crippen LogP contribution in [0.3, 0.4) is 0 Å². The summed E-state index contributed by atoms with van der Waals surface area (Å²) >= 11 is 0. The molecule has 30 heavy (non-hydrogen) atoms. The van der Waals surface area contributed by atoms with Crippen molar-refractivity contribution in [1.82, 2.24) is 10.3 Å². The van der Waals surface area contributed by atoms with Gasteiger partial charge in [0.15, 0.2) is 5.78 Å². The van der Waals surface area contributed by atoms with Crippen molar-refractivity contribution in [2.75, 3.05) is 17.7 Å². The molecule has 152 valence electrons. The normalized spacial score (nSPS) is 20.5. The Morgan fingerprint density at radius 2 is 1.70 bits per heavy atom. The molecule has 0 amide bonds. The van der Waals surface area contributed by atoms with Gasteiger partial charge < -0.3 is 20.5 Å². The number of Topliss-reactive ketones (excluding diaryl/α,β-unsaturated/α-hetero) is 1. The van der Waals surface area contributed by atoms with Gasteiger partial charge in [0.2, 0.25) is 11.6 Å². The van der Waals surface area contributed by atoms with Gasteiger partial charge in [0, 0.05) is 17.7 Å². The van der Waals surface area contributed by atoms with Crippen molar-refractivity contribution in [2.45, 2.75) is 24.8 Å². The molecule has 0 spiro atoms. The van der Waals surface area contributed by atoms with Crippen LogP contribution in [0.25, 0.3) is 0 Å². The Hall–Kier alpha value is -3.81. The summed E-state index contributed by atoms with van der Waals surface area (Å²) in [7, 11) is 1.63. The fraction of sp³-hybridized carbons (Fsp3) is 0.227. The molecule has 0 fully saturated rings. The average molecular weight is 404 g/mol. The lowest BCUT2D eigenvalue weighted by Gasteiger charge is -2.29. The molecule has 5 rings (SSSR count). The number of phenols is 1. The Morgan fingerprint density at radius 3 is 2.43 bits per heavy atom. The Labute approximate surface area is 172 Å². The first-order valence-corrected chi connectivity index (χ1v) is 9.67. The van der Waals surface area contributed by atoms with Gasteiger partial charge in [-0.15, -0.1) is 0 Å². The second-order valence-electron chi connectivity index (χ2n) is 7.45. The fourth-order valence-corrected chi connectivity index (χ4v) is 4.13. The number of ether oxygens (including phenoxy) is 1. The van der Waals surface area contributed by atoms with Crippen LogP contribution < -0.4 is 15.4 Å². The number of ketones is 1. The Kier molecular flexibility index (Phi) is 4.39. The maximum absolute atomic E-state index is 13.3. The maximum atomic E-state index is 13.3. The number of nitrogens with one attached hydrogen (secondary N) is 2. The van der Waals surface area contributed by atoms with Crippen LogP contribution in [0.15, 0.2) is 64.4 Å². The standard InChI is InChI=1S/C22H20N4O4/c1-29-16-8-4-12(5-9-16)14-10-17-19(18(28)11-14)20(13-2-6-15(27)7-3-13)24-22-21(23-17)25-30-26-22/h2-9,14,20,27H,10-11H2,1H3,(H,23,25)(H,24,26)/t14-,20+/m1/s1. The number of anilines is 2. The van der Waals surface area contributed by atoms with Gasteiger partial charge in [-0.2, -0.15) is 0 Å². The lowest BCUT2D eigenvalue weighted by Crippen LogP contribution is -2.27. The number of carbonyl (C=O) groups is 1. The molecule has 2 atom stereocenters. The number of nitrogens with zero attached hydrogens (tertiary/aromatic N) is 2. The molecule has 0 saturated carbocycles. The Bertz CT molecular complexity index is 1120. The summed E-state index contributed by atoms with van der Waals surface area (Å²) in [6, 6.07) is 14.2. The minimum absolute atomic E-state index is 0.0385. The first-order chi connectivity index (χ1) is 14.6. The van der Waals surface area contributed by atoms with E-state index in [2.05, 4.69) is 20.9 Å². The van der Waals surface area contributed by atoms with E-state index in [4.69, 9.17) is 9.37 Å². The quantitative estimate of drug-likeness (QED) is 0.605. The van der Waals surface area contributed by atoms with Crippen molar-refractivity contribution < 1.29 is 19.3 Å². The zero-order valence-corrected chi connectivity index (χ0v) is 16.3. The van der Waals surface area contributed by atoms with Gasteiger partial charge in [-0.05, 0) is 58.0 Å². The second kappa shape index (κ2) is 7.22. The summed E-state index contributed by atoms with van der Waals surface area (Å²) in [5.74, 6) is 1.93. The summed E-state index contributed by atoms with van der Waals surface area (Å²) in [5.41, 5.74) is 3.38. The highest BCUT2D eigenvalue weighted by Gasteiger charge is 2.37. The van der Waals surface area contributed by atoms with E-state index in [1.807, 2.05) is 24.3 Å². The van der Waals surface area contributed by atoms with E-state index in [-0.39, 0.29) is 17.5 Å². The van der Waals surface area contributed by atoms with E-state index in [0.717, 1.165) is 22.6 Å². The van der Waals surface area contributed by atoms with Gasteiger partial charge >= 0.3 is 0 Å². The molecule has 0 radical (unpaired) electrons. The fourth-order valence-electron chi connectivity index (χ4n) is 4.13. The van der Waals surface area contributed by atoms with Crippen LogP contribution in [0.1, 0.15) is 35.9 Å². The third-order valence-corrected chi connectivity index (χ3v) is 5.65. The van der Waals surface area contributed by atoms with Crippen molar-refractivity contribution in [1.29, 1.82) is 0 Å². The molecule has 1 aliphatic heterocycles. The highest BCUT2D eigenvalue weighted by atomic mass is 16.6. The molecule has 1 aromatic heterocycles. The van der Waals surface area contributed by atoms with Gasteiger partial charge in [0.05, 0.1) is 13.2 Å². The zero-order valence-electron chi connectivity index (χ0n) is 16.3. The summed E-state index contributed by atoms with van der Waals surface area (Å²) in [4.78, 5) is 13.3. The first kappa shape index (κ1) is 18.2. The Balaban J connectivity index is 1.55. The average Bonchev–Trinajstić information content (AvgIpc) is 3.13. The smallest absolute Gasteiger partial charge is 0.219 e. The Morgan fingerprint density at radius 1 is 1.00 bits per heavy atom. The highest BCUT2D eigenvalue weighted by Crippen LogP contribution is 2.43. The molecule has 8 nitrogen and oxygen atoms in total. The van der Waals surface area contributed by atoms with Crippen LogP contribution in [0.4, 0.5) is 11.6 Å². The monoisotopic (exact) mass is 404 g/mol. The van der Waals surface area contributed by atoms with E-state index < -0.39 is 6.04 Å². The minimum atomic E-state index is -0.425. The zero-order chi connectivity index (χ0) is 20.7. The van der Waals surface area contributed by atoms with Crippen molar-refractivity contribution in [3.05, 3.63) is 70.9 Å². The molecule has 0 bridgehead atoms. The van der Waals surface area contributed by atoms with Crippen LogP contribution >= 0.6 is 0 Å². The van der Waals surface area contributed by atoms with Crippen LogP contribution in [-0.4, -0.2) is 28.3 Å². The summed E-state index contributed by atoms with van der Waals surface area (Å²) in [5, 5.41) is 24.0. The van der Waals surface area contributed by atoms with Gasteiger partial charge in [-0.1, -0.05) is 24.3 Å². The number of allylic oxidation sites excluding steroid dienone is 1. The number of aromatic hydroxyl groups is 1. The van der Waals surface area contributed by atoms with E-state index in [0.29, 0.717) is 30.1 Å². The maximum Gasteiger partial charge on any atom is 0.219 e. The summed E-state index contributed by atoms with van der Waals surface area (Å²) < 4.78 is 10.1. The third kappa shape index (κ3) is 3.16. The number of hydrogen-bond acceptors (Lipinski definition) is 8. The number of phenolic OH excluding ortho intramolecular Hbond substituents is 1. The minimum Gasteiger partial charge on any atom is -0.508 e. The van der Waals surface area contributed by atoms with Crippen LogP contribution in [-0.2, 0) is 4.79 Å². The lowest BCUT2D eigenvalue weighted by atomic mass is 9.78. The van der Waals surface area contributed by atoms with E-state index in [1.54, 1.807) is 31.4 Å². The predicted octanol–water partition coefficient (Wildman–Crippen LogP) is 3.76. The molecule has 0 unspecified atom stereocenters. The van der Waals surface area contributed by atoms with E-state index >= 15 is 0 Å². The van der Waals surface area contributed by atoms with E-state index in [9.17, 15) is 9.90 Å². The largest absolute Gasteiger partial charge is 0.508 e. The first-order valence-electron chi connectivity index (χ1n) is 9.67. The number of carbonyl (C=O) groups excluding carboxylic acids is 1. The molecule has 2 aromatic carbocycles. The van der Waals surface area contributed by atoms with Crippen molar-refractivity contribution in [3.8, 4) is 11.5 Å². The van der Waals surface area contributed by atoms with Gasteiger partial charge in [0.1, 0.15) is 11.5 Å². The number of aromatic nitrogens is 2. The SMILES string of the molecule is COc1ccc([C@H]2CC(=O)C3=C(C2)Nc2nonc2N[C@H]3c2ccc(O)cc2)cc1. The summed E-state index contributed by atoms with van der Waals surface area (Å²) in [6.45, 7) is 0. The summed E-state index contributed by atoms with van der Waals surface area (Å²) in [6.07, 6.45) is 1.05. The number of rotatable bonds is 3. The van der Waals surface area contributed by atoms with Gasteiger partial charge in [0.25, 0.3) is 0 Å². The molecule has 0 saturated heterocycles. The van der Waals surface area contributed by atoms with Crippen molar-refractivity contribution in [2.24, 2.45) is 0 Å². The predicted molar refractivity (Wildman–Crippen MR) is 109 cm³/mol. The lowest BCUT2D eigenvalue weighted by molar-refractivity contribution is -0.116. The molecular weight excluding hydrogens is 384 g/mol. The van der Waals surface area contributed by atoms with Gasteiger partial charge in [-0.3, -0.25) is 4.79 Å². The van der Waals surface area contributed by atoms with Crippen LogP contribution in [0.2, 0.25) is 0 Å². The molecule has 8 heteroatoms. The molecular formula is C22H20N4O4. The molecule has 2 heterocycles. The highest BCUT2D eigenvalue weighted by molar-refractivity contribution is 6.00. The molecule has 2 aliphatic rings. The number of methoxy groups -OCH3 is 1. The van der Waals surface area contributed by atoms with Gasteiger partial charge in [-0.25, -0.2) is 4.63 Å².